The Labute approximate surface area is 211 Å². The number of fused-ring (bicyclic) bond motifs is 1. The lowest BCUT2D eigenvalue weighted by Crippen LogP contribution is -2.55. The van der Waals surface area contributed by atoms with Crippen molar-refractivity contribution in [2.75, 3.05) is 7.11 Å². The number of hydrogen-bond donors (Lipinski definition) is 1. The van der Waals surface area contributed by atoms with Gasteiger partial charge >= 0.3 is 5.69 Å². The number of amides is 1. The van der Waals surface area contributed by atoms with Gasteiger partial charge in [0, 0.05) is 6.20 Å². The number of nitrogens with two attached hydrogens (primary N) is 1. The third-order valence-electron chi connectivity index (χ3n) is 5.92. The molecule has 0 aliphatic heterocycles. The standard InChI is InChI=1S/C25H28N6O6/c1-14(2)37-18(20-17(35-5)7-6-10-27-20)13-30-16-9-8-15(21-28-11-12-36-21)29-19(16)22(32)31(24(30)34)25(3,4)23(26)33/h6-12,14,18H,13H2,1-5H3,(H2,26,33)/t18-/m0/s1. The van der Waals surface area contributed by atoms with Crippen molar-refractivity contribution in [1.82, 2.24) is 24.1 Å². The van der Waals surface area contributed by atoms with Crippen molar-refractivity contribution in [2.24, 2.45) is 5.73 Å². The number of aromatic nitrogens is 5. The van der Waals surface area contributed by atoms with E-state index in [2.05, 4.69) is 15.0 Å². The SMILES string of the molecule is COc1cccnc1[C@H](Cn1c(=O)n(C(C)(C)C(N)=O)c(=O)c2nc(-c3ncco3)ccc21)OC(C)C. The fraction of sp³-hybridized carbons (Fsp3) is 0.360. The first-order chi connectivity index (χ1) is 17.6. The number of methoxy groups -OCH3 is 1. The van der Waals surface area contributed by atoms with Gasteiger partial charge in [-0.25, -0.2) is 19.3 Å². The summed E-state index contributed by atoms with van der Waals surface area (Å²) in [7, 11) is 1.51. The molecule has 0 saturated heterocycles. The fourth-order valence-electron chi connectivity index (χ4n) is 4.00. The molecule has 4 rings (SSSR count). The lowest BCUT2D eigenvalue weighted by molar-refractivity contribution is -0.125. The molecule has 0 saturated carbocycles. The van der Waals surface area contributed by atoms with Crippen LogP contribution in [0.2, 0.25) is 0 Å². The summed E-state index contributed by atoms with van der Waals surface area (Å²) in [5.74, 6) is -0.192. The highest BCUT2D eigenvalue weighted by molar-refractivity contribution is 5.83. The molecule has 0 aliphatic rings. The largest absolute Gasteiger partial charge is 0.495 e. The molecule has 12 heteroatoms. The maximum absolute atomic E-state index is 13.8. The molecule has 2 N–H and O–H groups in total. The lowest BCUT2D eigenvalue weighted by Gasteiger charge is -2.27. The second kappa shape index (κ2) is 9.97. The first-order valence-corrected chi connectivity index (χ1v) is 11.6. The highest BCUT2D eigenvalue weighted by atomic mass is 16.5. The van der Waals surface area contributed by atoms with Gasteiger partial charge in [0.05, 0.1) is 31.5 Å². The van der Waals surface area contributed by atoms with E-state index in [4.69, 9.17) is 19.6 Å². The molecule has 0 spiro atoms. The minimum Gasteiger partial charge on any atom is -0.495 e. The number of ether oxygens (including phenoxy) is 2. The van der Waals surface area contributed by atoms with Crippen LogP contribution in [0.1, 0.15) is 39.5 Å². The van der Waals surface area contributed by atoms with Gasteiger partial charge < -0.3 is 19.6 Å². The second-order valence-electron chi connectivity index (χ2n) is 9.12. The molecule has 0 aromatic carbocycles. The first-order valence-electron chi connectivity index (χ1n) is 11.6. The third kappa shape index (κ3) is 4.75. The van der Waals surface area contributed by atoms with Crippen LogP contribution in [0.15, 0.2) is 56.9 Å². The smallest absolute Gasteiger partial charge is 0.332 e. The maximum atomic E-state index is 13.8. The summed E-state index contributed by atoms with van der Waals surface area (Å²) in [5.41, 5.74) is 3.33. The van der Waals surface area contributed by atoms with Crippen LogP contribution in [-0.2, 0) is 21.6 Å². The number of oxazole rings is 1. The van der Waals surface area contributed by atoms with Gasteiger partial charge in [-0.3, -0.25) is 19.1 Å². The van der Waals surface area contributed by atoms with E-state index >= 15 is 0 Å². The molecule has 4 aromatic rings. The molecule has 0 bridgehead atoms. The molecule has 194 valence electrons. The summed E-state index contributed by atoms with van der Waals surface area (Å²) >= 11 is 0. The van der Waals surface area contributed by atoms with E-state index in [0.717, 1.165) is 4.57 Å². The molecule has 1 amide bonds. The minimum absolute atomic E-state index is 0.0595. The molecular formula is C25H28N6O6. The van der Waals surface area contributed by atoms with Gasteiger partial charge in [0.1, 0.15) is 35.0 Å². The third-order valence-corrected chi connectivity index (χ3v) is 5.92. The van der Waals surface area contributed by atoms with Crippen molar-refractivity contribution in [3.63, 3.8) is 0 Å². The zero-order valence-electron chi connectivity index (χ0n) is 21.2. The number of carbonyl (C=O) groups is 1. The van der Waals surface area contributed by atoms with Crippen LogP contribution in [0.4, 0.5) is 0 Å². The Kier molecular flexibility index (Phi) is 6.94. The summed E-state index contributed by atoms with van der Waals surface area (Å²) in [4.78, 5) is 52.7. The van der Waals surface area contributed by atoms with Crippen LogP contribution >= 0.6 is 0 Å². The summed E-state index contributed by atoms with van der Waals surface area (Å²) < 4.78 is 19.1. The summed E-state index contributed by atoms with van der Waals surface area (Å²) in [6.07, 6.45) is 3.44. The van der Waals surface area contributed by atoms with Crippen molar-refractivity contribution in [3.05, 3.63) is 69.5 Å². The Hall–Kier alpha value is -4.32. The lowest BCUT2D eigenvalue weighted by atomic mass is 10.0. The van der Waals surface area contributed by atoms with Crippen molar-refractivity contribution in [1.29, 1.82) is 0 Å². The van der Waals surface area contributed by atoms with Gasteiger partial charge in [-0.05, 0) is 52.0 Å². The van der Waals surface area contributed by atoms with Crippen molar-refractivity contribution < 1.29 is 18.7 Å². The molecule has 12 nitrogen and oxygen atoms in total. The van der Waals surface area contributed by atoms with Crippen LogP contribution < -0.4 is 21.7 Å². The number of primary amides is 1. The Balaban J connectivity index is 2.01. The van der Waals surface area contributed by atoms with Gasteiger partial charge in [-0.15, -0.1) is 0 Å². The number of pyridine rings is 2. The molecule has 4 heterocycles. The monoisotopic (exact) mass is 508 g/mol. The Morgan fingerprint density at radius 2 is 1.92 bits per heavy atom. The van der Waals surface area contributed by atoms with Crippen LogP contribution in [0.25, 0.3) is 22.6 Å². The van der Waals surface area contributed by atoms with Gasteiger partial charge in [-0.2, -0.15) is 0 Å². The normalized spacial score (nSPS) is 12.7. The quantitative estimate of drug-likeness (QED) is 0.357. The summed E-state index contributed by atoms with van der Waals surface area (Å²) in [6, 6.07) is 6.63. The Morgan fingerprint density at radius 3 is 2.54 bits per heavy atom. The van der Waals surface area contributed by atoms with E-state index < -0.39 is 28.8 Å². The fourth-order valence-corrected chi connectivity index (χ4v) is 4.00. The van der Waals surface area contributed by atoms with Crippen molar-refractivity contribution >= 4 is 16.9 Å². The van der Waals surface area contributed by atoms with Crippen LogP contribution in [-0.4, -0.2) is 43.2 Å². The zero-order chi connectivity index (χ0) is 26.9. The number of rotatable bonds is 9. The molecule has 37 heavy (non-hydrogen) atoms. The zero-order valence-corrected chi connectivity index (χ0v) is 21.2. The predicted octanol–water partition coefficient (Wildman–Crippen LogP) is 2.00. The average molecular weight is 509 g/mol. The van der Waals surface area contributed by atoms with E-state index in [1.807, 2.05) is 13.8 Å². The van der Waals surface area contributed by atoms with Gasteiger partial charge in [0.2, 0.25) is 11.8 Å². The minimum atomic E-state index is -1.65. The summed E-state index contributed by atoms with van der Waals surface area (Å²) in [6.45, 7) is 6.44. The van der Waals surface area contributed by atoms with E-state index in [1.54, 1.807) is 30.5 Å². The highest BCUT2D eigenvalue weighted by Crippen LogP contribution is 2.28. The van der Waals surface area contributed by atoms with Crippen LogP contribution in [0.5, 0.6) is 5.75 Å². The Bertz CT molecular complexity index is 1550. The summed E-state index contributed by atoms with van der Waals surface area (Å²) in [5, 5.41) is 0. The molecule has 0 unspecified atom stereocenters. The maximum Gasteiger partial charge on any atom is 0.332 e. The average Bonchev–Trinajstić information content (AvgIpc) is 3.40. The van der Waals surface area contributed by atoms with E-state index in [0.29, 0.717) is 11.4 Å². The second-order valence-corrected chi connectivity index (χ2v) is 9.12. The van der Waals surface area contributed by atoms with E-state index in [-0.39, 0.29) is 35.3 Å². The topological polar surface area (TPSA) is 157 Å². The van der Waals surface area contributed by atoms with Gasteiger partial charge in [0.25, 0.3) is 5.56 Å². The molecule has 0 aliphatic carbocycles. The first kappa shape index (κ1) is 25.8. The number of hydrogen-bond acceptors (Lipinski definition) is 9. The molecule has 4 aromatic heterocycles. The number of nitrogens with zero attached hydrogens (tertiary/aromatic N) is 5. The van der Waals surface area contributed by atoms with Crippen LogP contribution in [0.3, 0.4) is 0 Å². The highest BCUT2D eigenvalue weighted by Gasteiger charge is 2.34. The van der Waals surface area contributed by atoms with E-state index in [9.17, 15) is 14.4 Å². The van der Waals surface area contributed by atoms with Crippen molar-refractivity contribution in [3.8, 4) is 17.3 Å². The predicted molar refractivity (Wildman–Crippen MR) is 134 cm³/mol. The van der Waals surface area contributed by atoms with Gasteiger partial charge in [-0.1, -0.05) is 0 Å². The molecule has 1 atom stereocenters. The van der Waals surface area contributed by atoms with E-state index in [1.165, 1.54) is 38.0 Å². The molecule has 0 fully saturated rings. The number of carbonyl (C=O) groups excluding carboxylic acids is 1. The Morgan fingerprint density at radius 1 is 1.16 bits per heavy atom. The molecular weight excluding hydrogens is 480 g/mol. The van der Waals surface area contributed by atoms with Crippen LogP contribution in [0, 0.1) is 0 Å². The molecule has 0 radical (unpaired) electrons. The van der Waals surface area contributed by atoms with Crippen molar-refractivity contribution in [2.45, 2.75) is 52.0 Å². The van der Waals surface area contributed by atoms with Gasteiger partial charge in [0.15, 0.2) is 5.52 Å².